The van der Waals surface area contributed by atoms with Crippen molar-refractivity contribution in [2.45, 2.75) is 52.1 Å². The molecule has 0 saturated carbocycles. The fourth-order valence-electron chi connectivity index (χ4n) is 5.18. The number of hydrogen-bond donors (Lipinski definition) is 1. The van der Waals surface area contributed by atoms with E-state index in [2.05, 4.69) is 50.4 Å². The van der Waals surface area contributed by atoms with Gasteiger partial charge in [0.2, 0.25) is 11.8 Å². The lowest BCUT2D eigenvalue weighted by Gasteiger charge is -2.38. The molecule has 2 aliphatic rings. The molecular weight excluding hydrogens is 490 g/mol. The van der Waals surface area contributed by atoms with Crippen LogP contribution in [0.2, 0.25) is 0 Å². The van der Waals surface area contributed by atoms with Gasteiger partial charge in [0.25, 0.3) is 0 Å². The van der Waals surface area contributed by atoms with Crippen LogP contribution in [0.25, 0.3) is 0 Å². The number of piperidine rings is 1. The molecule has 1 N–H and O–H groups in total. The zero-order valence-electron chi connectivity index (χ0n) is 20.3. The van der Waals surface area contributed by atoms with Gasteiger partial charge in [-0.2, -0.15) is 0 Å². The standard InChI is InChI=1S/C28H36BrN3O2/c1-21(2)26(33)30-25(23-6-4-3-5-7-23)12-16-31-17-13-28(14-18-31)15-19-32(27(28)34)20-22-8-10-24(29)11-9-22/h3-11,21,25H,12-20H2,1-2H3,(H,30,33). The molecule has 1 atom stereocenters. The van der Waals surface area contributed by atoms with Crippen LogP contribution in [-0.4, -0.2) is 47.8 Å². The lowest BCUT2D eigenvalue weighted by atomic mass is 9.77. The Bertz CT molecular complexity index is 969. The third-order valence-electron chi connectivity index (χ3n) is 7.48. The van der Waals surface area contributed by atoms with Crippen molar-refractivity contribution < 1.29 is 9.59 Å². The summed E-state index contributed by atoms with van der Waals surface area (Å²) in [6, 6.07) is 18.5. The maximum Gasteiger partial charge on any atom is 0.229 e. The molecule has 2 saturated heterocycles. The second-order valence-corrected chi connectivity index (χ2v) is 11.1. The molecule has 0 aromatic heterocycles. The van der Waals surface area contributed by atoms with Crippen LogP contribution >= 0.6 is 15.9 Å². The van der Waals surface area contributed by atoms with Crippen LogP contribution in [0, 0.1) is 11.3 Å². The molecule has 5 nitrogen and oxygen atoms in total. The van der Waals surface area contributed by atoms with Gasteiger partial charge >= 0.3 is 0 Å². The number of carbonyl (C=O) groups is 2. The Balaban J connectivity index is 1.31. The zero-order valence-corrected chi connectivity index (χ0v) is 21.9. The highest BCUT2D eigenvalue weighted by Crippen LogP contribution is 2.42. The van der Waals surface area contributed by atoms with Crippen LogP contribution in [0.4, 0.5) is 0 Å². The third kappa shape index (κ3) is 5.89. The first-order chi connectivity index (χ1) is 16.4. The molecular formula is C28H36BrN3O2. The number of likely N-dealkylation sites (tertiary alicyclic amines) is 2. The van der Waals surface area contributed by atoms with Crippen LogP contribution in [0.3, 0.4) is 0 Å². The minimum atomic E-state index is -0.184. The molecule has 2 aliphatic heterocycles. The predicted octanol–water partition coefficient (Wildman–Crippen LogP) is 5.17. The number of nitrogens with one attached hydrogen (secondary N) is 1. The lowest BCUT2D eigenvalue weighted by Crippen LogP contribution is -2.45. The van der Waals surface area contributed by atoms with Gasteiger partial charge in [0.1, 0.15) is 0 Å². The number of halogens is 1. The van der Waals surface area contributed by atoms with Gasteiger partial charge in [-0.25, -0.2) is 0 Å². The van der Waals surface area contributed by atoms with Crippen LogP contribution < -0.4 is 5.32 Å². The molecule has 1 unspecified atom stereocenters. The van der Waals surface area contributed by atoms with Crippen molar-refractivity contribution in [1.82, 2.24) is 15.1 Å². The molecule has 182 valence electrons. The van der Waals surface area contributed by atoms with Crippen molar-refractivity contribution in [1.29, 1.82) is 0 Å². The smallest absolute Gasteiger partial charge is 0.229 e. The fourth-order valence-corrected chi connectivity index (χ4v) is 5.44. The van der Waals surface area contributed by atoms with Gasteiger partial charge in [-0.05, 0) is 62.0 Å². The number of hydrogen-bond acceptors (Lipinski definition) is 3. The van der Waals surface area contributed by atoms with Crippen LogP contribution in [0.1, 0.15) is 56.7 Å². The Hall–Kier alpha value is -2.18. The van der Waals surface area contributed by atoms with Gasteiger partial charge < -0.3 is 15.1 Å². The highest BCUT2D eigenvalue weighted by molar-refractivity contribution is 9.10. The summed E-state index contributed by atoms with van der Waals surface area (Å²) in [5, 5.41) is 3.23. The molecule has 2 aromatic carbocycles. The molecule has 2 fully saturated rings. The Labute approximate surface area is 212 Å². The summed E-state index contributed by atoms with van der Waals surface area (Å²) >= 11 is 3.48. The van der Waals surface area contributed by atoms with Crippen molar-refractivity contribution in [3.8, 4) is 0 Å². The predicted molar refractivity (Wildman–Crippen MR) is 139 cm³/mol. The van der Waals surface area contributed by atoms with Crippen molar-refractivity contribution in [3.63, 3.8) is 0 Å². The molecule has 0 bridgehead atoms. The first-order valence-corrected chi connectivity index (χ1v) is 13.3. The van der Waals surface area contributed by atoms with Gasteiger partial charge in [0.15, 0.2) is 0 Å². The largest absolute Gasteiger partial charge is 0.349 e. The highest BCUT2D eigenvalue weighted by Gasteiger charge is 2.47. The van der Waals surface area contributed by atoms with E-state index < -0.39 is 0 Å². The number of carbonyl (C=O) groups excluding carboxylic acids is 2. The quantitative estimate of drug-likeness (QED) is 0.517. The second-order valence-electron chi connectivity index (χ2n) is 10.1. The molecule has 0 radical (unpaired) electrons. The van der Waals surface area contributed by atoms with E-state index in [1.165, 1.54) is 5.56 Å². The van der Waals surface area contributed by atoms with Gasteiger partial charge in [-0.15, -0.1) is 0 Å². The van der Waals surface area contributed by atoms with E-state index in [0.29, 0.717) is 12.5 Å². The van der Waals surface area contributed by atoms with E-state index in [1.807, 2.05) is 49.1 Å². The van der Waals surface area contributed by atoms with Gasteiger partial charge in [-0.3, -0.25) is 9.59 Å². The minimum absolute atomic E-state index is 0.0153. The average molecular weight is 527 g/mol. The summed E-state index contributed by atoms with van der Waals surface area (Å²) in [6.07, 6.45) is 3.69. The normalized spacial score (nSPS) is 19.1. The van der Waals surface area contributed by atoms with Crippen LogP contribution in [-0.2, 0) is 16.1 Å². The lowest BCUT2D eigenvalue weighted by molar-refractivity contribution is -0.139. The molecule has 0 aliphatic carbocycles. The Morgan fingerprint density at radius 2 is 1.65 bits per heavy atom. The summed E-state index contributed by atoms with van der Waals surface area (Å²) in [5.41, 5.74) is 2.15. The van der Waals surface area contributed by atoms with Gasteiger partial charge in [-0.1, -0.05) is 72.2 Å². The first kappa shape index (κ1) is 24.9. The molecule has 2 heterocycles. The number of nitrogens with zero attached hydrogens (tertiary/aromatic N) is 2. The van der Waals surface area contributed by atoms with E-state index in [1.54, 1.807) is 0 Å². The van der Waals surface area contributed by atoms with Crippen LogP contribution in [0.5, 0.6) is 0 Å². The highest BCUT2D eigenvalue weighted by atomic mass is 79.9. The summed E-state index contributed by atoms with van der Waals surface area (Å²) in [5.74, 6) is 0.394. The van der Waals surface area contributed by atoms with Crippen molar-refractivity contribution in [2.75, 3.05) is 26.2 Å². The monoisotopic (exact) mass is 525 g/mol. The molecule has 34 heavy (non-hydrogen) atoms. The Morgan fingerprint density at radius 1 is 1.00 bits per heavy atom. The van der Waals surface area contributed by atoms with E-state index in [-0.39, 0.29) is 23.3 Å². The Morgan fingerprint density at radius 3 is 2.29 bits per heavy atom. The van der Waals surface area contributed by atoms with E-state index in [4.69, 9.17) is 0 Å². The molecule has 2 aromatic rings. The van der Waals surface area contributed by atoms with Crippen molar-refractivity contribution in [3.05, 3.63) is 70.2 Å². The second kappa shape index (κ2) is 11.0. The van der Waals surface area contributed by atoms with E-state index in [0.717, 1.165) is 61.9 Å². The average Bonchev–Trinajstić information content (AvgIpc) is 3.14. The minimum Gasteiger partial charge on any atom is -0.349 e. The summed E-state index contributed by atoms with van der Waals surface area (Å²) in [4.78, 5) is 30.3. The molecule has 1 spiro atoms. The van der Waals surface area contributed by atoms with Crippen molar-refractivity contribution >= 4 is 27.7 Å². The maximum absolute atomic E-state index is 13.3. The van der Waals surface area contributed by atoms with Crippen molar-refractivity contribution in [2.24, 2.45) is 11.3 Å². The molecule has 2 amide bonds. The topological polar surface area (TPSA) is 52.7 Å². The fraction of sp³-hybridized carbons (Fsp3) is 0.500. The SMILES string of the molecule is CC(C)C(=O)NC(CCN1CCC2(CC1)CCN(Cc1ccc(Br)cc1)C2=O)c1ccccc1. The summed E-state index contributed by atoms with van der Waals surface area (Å²) in [6.45, 7) is 8.22. The summed E-state index contributed by atoms with van der Waals surface area (Å²) < 4.78 is 1.06. The third-order valence-corrected chi connectivity index (χ3v) is 8.01. The van der Waals surface area contributed by atoms with E-state index >= 15 is 0 Å². The van der Waals surface area contributed by atoms with Gasteiger partial charge in [0.05, 0.1) is 11.5 Å². The van der Waals surface area contributed by atoms with Crippen LogP contribution in [0.15, 0.2) is 59.1 Å². The summed E-state index contributed by atoms with van der Waals surface area (Å²) in [7, 11) is 0. The maximum atomic E-state index is 13.3. The van der Waals surface area contributed by atoms with Gasteiger partial charge in [0, 0.05) is 30.0 Å². The number of benzene rings is 2. The Kier molecular flexibility index (Phi) is 8.10. The number of amides is 2. The van der Waals surface area contributed by atoms with E-state index in [9.17, 15) is 9.59 Å². The molecule has 4 rings (SSSR count). The number of rotatable bonds is 8. The first-order valence-electron chi connectivity index (χ1n) is 12.5. The zero-order chi connectivity index (χ0) is 24.1. The molecule has 6 heteroatoms.